The van der Waals surface area contributed by atoms with Crippen molar-refractivity contribution in [1.29, 1.82) is 0 Å². The highest BCUT2D eigenvalue weighted by molar-refractivity contribution is 8.00. The Bertz CT molecular complexity index is 590. The van der Waals surface area contributed by atoms with Crippen molar-refractivity contribution in [2.75, 3.05) is 23.7 Å². The molecular formula is C14H16ClN3S. The Morgan fingerprint density at radius 3 is 3.05 bits per heavy atom. The number of hydrogen-bond donors (Lipinski definition) is 0. The molecule has 0 radical (unpaired) electrons. The third kappa shape index (κ3) is 2.65. The van der Waals surface area contributed by atoms with Crippen LogP contribution in [0.3, 0.4) is 0 Å². The van der Waals surface area contributed by atoms with Gasteiger partial charge in [-0.05, 0) is 30.2 Å². The fraction of sp³-hybridized carbons (Fsp3) is 0.429. The van der Waals surface area contributed by atoms with E-state index in [9.17, 15) is 0 Å². The van der Waals surface area contributed by atoms with Gasteiger partial charge in [-0.25, -0.2) is 4.98 Å². The lowest BCUT2D eigenvalue weighted by atomic mass is 10.2. The lowest BCUT2D eigenvalue weighted by molar-refractivity contribution is 0.722. The zero-order valence-electron chi connectivity index (χ0n) is 10.8. The molecule has 0 aliphatic carbocycles. The quantitative estimate of drug-likeness (QED) is 0.791. The second-order valence-electron chi connectivity index (χ2n) is 4.68. The van der Waals surface area contributed by atoms with Gasteiger partial charge in [0.05, 0.1) is 5.52 Å². The molecule has 0 amide bonds. The Morgan fingerprint density at radius 2 is 2.21 bits per heavy atom. The van der Waals surface area contributed by atoms with E-state index in [1.807, 2.05) is 18.2 Å². The first-order valence-electron chi connectivity index (χ1n) is 6.56. The molecule has 0 spiro atoms. The maximum absolute atomic E-state index is 6.06. The van der Waals surface area contributed by atoms with E-state index >= 15 is 0 Å². The summed E-state index contributed by atoms with van der Waals surface area (Å²) < 4.78 is 0. The van der Waals surface area contributed by atoms with Gasteiger partial charge in [0.1, 0.15) is 5.82 Å². The van der Waals surface area contributed by atoms with Crippen LogP contribution < -0.4 is 4.90 Å². The Kier molecular flexibility index (Phi) is 3.80. The molecule has 0 saturated carbocycles. The van der Waals surface area contributed by atoms with Crippen molar-refractivity contribution in [2.24, 2.45) is 0 Å². The summed E-state index contributed by atoms with van der Waals surface area (Å²) >= 11 is 8.11. The summed E-state index contributed by atoms with van der Waals surface area (Å²) in [4.78, 5) is 11.1. The van der Waals surface area contributed by atoms with Gasteiger partial charge in [0.2, 0.25) is 5.28 Å². The molecule has 19 heavy (non-hydrogen) atoms. The molecule has 3 nitrogen and oxygen atoms in total. The van der Waals surface area contributed by atoms with Gasteiger partial charge in [0, 0.05) is 29.5 Å². The standard InChI is InChI=1S/C14H16ClN3S/c1-2-10-9-18(7-8-19-10)13-11-5-3-4-6-12(11)16-14(15)17-13/h3-6,10H,2,7-9H2,1H3. The maximum atomic E-state index is 6.06. The largest absolute Gasteiger partial charge is 0.354 e. The minimum Gasteiger partial charge on any atom is -0.354 e. The van der Waals surface area contributed by atoms with Gasteiger partial charge in [-0.15, -0.1) is 0 Å². The summed E-state index contributed by atoms with van der Waals surface area (Å²) in [7, 11) is 0. The number of benzene rings is 1. The van der Waals surface area contributed by atoms with E-state index in [4.69, 9.17) is 11.6 Å². The summed E-state index contributed by atoms with van der Waals surface area (Å²) in [5, 5.41) is 2.11. The minimum atomic E-state index is 0.333. The number of halogens is 1. The molecule has 1 aromatic heterocycles. The third-order valence-corrected chi connectivity index (χ3v) is 4.99. The number of fused-ring (bicyclic) bond motifs is 1. The van der Waals surface area contributed by atoms with Crippen molar-refractivity contribution >= 4 is 40.1 Å². The van der Waals surface area contributed by atoms with Crippen LogP contribution in [-0.4, -0.2) is 34.1 Å². The molecule has 1 unspecified atom stereocenters. The number of nitrogens with zero attached hydrogens (tertiary/aromatic N) is 3. The van der Waals surface area contributed by atoms with Crippen LogP contribution in [0, 0.1) is 0 Å². The van der Waals surface area contributed by atoms with Crippen LogP contribution in [0.25, 0.3) is 10.9 Å². The monoisotopic (exact) mass is 293 g/mol. The van der Waals surface area contributed by atoms with Crippen LogP contribution in [0.1, 0.15) is 13.3 Å². The number of anilines is 1. The van der Waals surface area contributed by atoms with Crippen molar-refractivity contribution in [2.45, 2.75) is 18.6 Å². The normalized spacial score (nSPS) is 19.9. The van der Waals surface area contributed by atoms with Gasteiger partial charge in [0.25, 0.3) is 0 Å². The molecule has 1 atom stereocenters. The van der Waals surface area contributed by atoms with E-state index in [1.165, 1.54) is 6.42 Å². The summed E-state index contributed by atoms with van der Waals surface area (Å²) in [5.74, 6) is 2.13. The van der Waals surface area contributed by atoms with E-state index < -0.39 is 0 Å². The second-order valence-corrected chi connectivity index (χ2v) is 6.43. The smallest absolute Gasteiger partial charge is 0.224 e. The highest BCUT2D eigenvalue weighted by atomic mass is 35.5. The average Bonchev–Trinajstić information content (AvgIpc) is 2.46. The van der Waals surface area contributed by atoms with Crippen molar-refractivity contribution in [3.05, 3.63) is 29.5 Å². The fourth-order valence-corrected chi connectivity index (χ4v) is 3.78. The molecule has 1 saturated heterocycles. The van der Waals surface area contributed by atoms with Gasteiger partial charge in [-0.2, -0.15) is 16.7 Å². The zero-order chi connectivity index (χ0) is 13.2. The van der Waals surface area contributed by atoms with Crippen LogP contribution in [0.4, 0.5) is 5.82 Å². The van der Waals surface area contributed by atoms with E-state index in [-0.39, 0.29) is 0 Å². The number of para-hydroxylation sites is 1. The highest BCUT2D eigenvalue weighted by Gasteiger charge is 2.22. The SMILES string of the molecule is CCC1CN(c2nc(Cl)nc3ccccc23)CCS1. The van der Waals surface area contributed by atoms with Crippen molar-refractivity contribution in [1.82, 2.24) is 9.97 Å². The van der Waals surface area contributed by atoms with Crippen molar-refractivity contribution in [3.63, 3.8) is 0 Å². The Labute approximate surface area is 122 Å². The number of rotatable bonds is 2. The average molecular weight is 294 g/mol. The van der Waals surface area contributed by atoms with Crippen molar-refractivity contribution in [3.8, 4) is 0 Å². The Balaban J connectivity index is 2.03. The highest BCUT2D eigenvalue weighted by Crippen LogP contribution is 2.30. The number of thioether (sulfide) groups is 1. The Morgan fingerprint density at radius 1 is 1.37 bits per heavy atom. The van der Waals surface area contributed by atoms with Gasteiger partial charge in [-0.1, -0.05) is 19.1 Å². The summed E-state index contributed by atoms with van der Waals surface area (Å²) in [6, 6.07) is 8.07. The molecule has 1 aromatic carbocycles. The van der Waals surface area contributed by atoms with Gasteiger partial charge >= 0.3 is 0 Å². The molecule has 0 N–H and O–H groups in total. The Hall–Kier alpha value is -1.00. The van der Waals surface area contributed by atoms with Gasteiger partial charge in [-0.3, -0.25) is 0 Å². The first-order chi connectivity index (χ1) is 9.28. The lowest BCUT2D eigenvalue weighted by Gasteiger charge is -2.33. The van der Waals surface area contributed by atoms with Crippen LogP contribution >= 0.6 is 23.4 Å². The molecule has 5 heteroatoms. The van der Waals surface area contributed by atoms with Crippen LogP contribution in [-0.2, 0) is 0 Å². The van der Waals surface area contributed by atoms with E-state index in [1.54, 1.807) is 0 Å². The summed E-state index contributed by atoms with van der Waals surface area (Å²) in [6.07, 6.45) is 1.19. The molecule has 1 aliphatic heterocycles. The molecular weight excluding hydrogens is 278 g/mol. The molecule has 2 aromatic rings. The maximum Gasteiger partial charge on any atom is 0.224 e. The first kappa shape index (κ1) is 13.0. The molecule has 2 heterocycles. The van der Waals surface area contributed by atoms with E-state index in [0.29, 0.717) is 10.5 Å². The molecule has 3 rings (SSSR count). The molecule has 1 fully saturated rings. The molecule has 0 bridgehead atoms. The van der Waals surface area contributed by atoms with Gasteiger partial charge in [0.15, 0.2) is 0 Å². The topological polar surface area (TPSA) is 29.0 Å². The summed E-state index contributed by atoms with van der Waals surface area (Å²) in [5.41, 5.74) is 0.920. The third-order valence-electron chi connectivity index (χ3n) is 3.45. The fourth-order valence-electron chi connectivity index (χ4n) is 2.43. The predicted molar refractivity (Wildman–Crippen MR) is 83.3 cm³/mol. The summed E-state index contributed by atoms with van der Waals surface area (Å²) in [6.45, 7) is 4.31. The molecule has 1 aliphatic rings. The predicted octanol–water partition coefficient (Wildman–Crippen LogP) is 3.62. The van der Waals surface area contributed by atoms with Crippen LogP contribution in [0.2, 0.25) is 5.28 Å². The minimum absolute atomic E-state index is 0.333. The molecule has 100 valence electrons. The van der Waals surface area contributed by atoms with Gasteiger partial charge < -0.3 is 4.90 Å². The second kappa shape index (κ2) is 5.55. The lowest BCUT2D eigenvalue weighted by Crippen LogP contribution is -2.38. The number of hydrogen-bond acceptors (Lipinski definition) is 4. The number of aromatic nitrogens is 2. The van der Waals surface area contributed by atoms with E-state index in [0.717, 1.165) is 35.6 Å². The zero-order valence-corrected chi connectivity index (χ0v) is 12.4. The first-order valence-corrected chi connectivity index (χ1v) is 7.99. The van der Waals surface area contributed by atoms with Crippen LogP contribution in [0.5, 0.6) is 0 Å². The van der Waals surface area contributed by atoms with Crippen LogP contribution in [0.15, 0.2) is 24.3 Å². The van der Waals surface area contributed by atoms with E-state index in [2.05, 4.69) is 39.6 Å². The van der Waals surface area contributed by atoms with Crippen molar-refractivity contribution < 1.29 is 0 Å².